The molecule has 1 fully saturated rings. The normalized spacial score (nSPS) is 28.0. The maximum atomic E-state index is 13.6. The van der Waals surface area contributed by atoms with Crippen molar-refractivity contribution in [1.29, 1.82) is 0 Å². The molecule has 1 aliphatic heterocycles. The van der Waals surface area contributed by atoms with Crippen LogP contribution in [0.5, 0.6) is 0 Å². The Bertz CT molecular complexity index is 632. The first-order chi connectivity index (χ1) is 11.0. The van der Waals surface area contributed by atoms with Crippen LogP contribution in [-0.2, 0) is 5.60 Å². The standard InChI is InChI=1S/C17H23F2NO4/c1-16(2,3)14-11(9-21)17(24,6-7-20(14)15(22)23)10-4-5-12(18)13(19)8-10/h4-5,8,11,14,21,24H,6-7,9H2,1-3H3,(H,22,23)/t11-,14?,17-/m0/s1. The van der Waals surface area contributed by atoms with Crippen LogP contribution < -0.4 is 0 Å². The summed E-state index contributed by atoms with van der Waals surface area (Å²) in [7, 11) is 0. The van der Waals surface area contributed by atoms with E-state index in [0.717, 1.165) is 12.1 Å². The average Bonchev–Trinajstić information content (AvgIpc) is 2.48. The van der Waals surface area contributed by atoms with Crippen molar-refractivity contribution in [1.82, 2.24) is 4.90 Å². The van der Waals surface area contributed by atoms with Gasteiger partial charge in [-0.2, -0.15) is 0 Å². The van der Waals surface area contributed by atoms with E-state index in [9.17, 15) is 28.9 Å². The Labute approximate surface area is 139 Å². The second-order valence-corrected chi connectivity index (χ2v) is 7.38. The maximum Gasteiger partial charge on any atom is 0.407 e. The number of hydrogen-bond donors (Lipinski definition) is 3. The molecule has 1 amide bonds. The predicted molar refractivity (Wildman–Crippen MR) is 83.4 cm³/mol. The van der Waals surface area contributed by atoms with E-state index in [0.29, 0.717) is 0 Å². The highest BCUT2D eigenvalue weighted by atomic mass is 19.2. The van der Waals surface area contributed by atoms with Crippen molar-refractivity contribution in [2.45, 2.75) is 38.8 Å². The SMILES string of the molecule is CC(C)(C)C1[C@H](CO)[C@@](O)(c2ccc(F)c(F)c2)CCN1C(=O)O. The third-order valence-corrected chi connectivity index (χ3v) is 4.81. The van der Waals surface area contributed by atoms with Gasteiger partial charge >= 0.3 is 6.09 Å². The molecule has 7 heteroatoms. The van der Waals surface area contributed by atoms with E-state index in [1.165, 1.54) is 11.0 Å². The van der Waals surface area contributed by atoms with Crippen molar-refractivity contribution in [3.63, 3.8) is 0 Å². The fraction of sp³-hybridized carbons (Fsp3) is 0.588. The second kappa shape index (κ2) is 6.29. The van der Waals surface area contributed by atoms with Gasteiger partial charge in [-0.05, 0) is 29.5 Å². The van der Waals surface area contributed by atoms with E-state index >= 15 is 0 Å². The van der Waals surface area contributed by atoms with Gasteiger partial charge < -0.3 is 20.2 Å². The van der Waals surface area contributed by atoms with Gasteiger partial charge in [-0.15, -0.1) is 0 Å². The number of carboxylic acid groups (broad SMARTS) is 1. The lowest BCUT2D eigenvalue weighted by Gasteiger charge is -2.53. The molecule has 1 saturated heterocycles. The molecule has 24 heavy (non-hydrogen) atoms. The molecule has 1 unspecified atom stereocenters. The van der Waals surface area contributed by atoms with Crippen molar-refractivity contribution in [2.75, 3.05) is 13.2 Å². The summed E-state index contributed by atoms with van der Waals surface area (Å²) in [6, 6.07) is 2.42. The van der Waals surface area contributed by atoms with Crippen molar-refractivity contribution in [3.05, 3.63) is 35.4 Å². The van der Waals surface area contributed by atoms with E-state index in [1.54, 1.807) is 0 Å². The summed E-state index contributed by atoms with van der Waals surface area (Å²) in [5.74, 6) is -2.99. The zero-order chi connectivity index (χ0) is 18.3. The number of aliphatic hydroxyl groups excluding tert-OH is 1. The van der Waals surface area contributed by atoms with Crippen LogP contribution in [0.1, 0.15) is 32.8 Å². The molecule has 5 nitrogen and oxygen atoms in total. The Morgan fingerprint density at radius 1 is 1.33 bits per heavy atom. The van der Waals surface area contributed by atoms with Crippen LogP contribution in [0.25, 0.3) is 0 Å². The first-order valence-corrected chi connectivity index (χ1v) is 7.80. The Hall–Kier alpha value is -1.73. The van der Waals surface area contributed by atoms with Gasteiger partial charge in [0.2, 0.25) is 0 Å². The zero-order valence-corrected chi connectivity index (χ0v) is 14.0. The van der Waals surface area contributed by atoms with E-state index in [2.05, 4.69) is 0 Å². The maximum absolute atomic E-state index is 13.6. The molecule has 0 saturated carbocycles. The van der Waals surface area contributed by atoms with Gasteiger partial charge in [0.15, 0.2) is 11.6 Å². The van der Waals surface area contributed by atoms with Gasteiger partial charge in [-0.1, -0.05) is 26.8 Å². The summed E-state index contributed by atoms with van der Waals surface area (Å²) in [6.45, 7) is 4.98. The Morgan fingerprint density at radius 2 is 1.96 bits per heavy atom. The van der Waals surface area contributed by atoms with Gasteiger partial charge in [-0.3, -0.25) is 0 Å². The van der Waals surface area contributed by atoms with Gasteiger partial charge in [0.05, 0.1) is 12.2 Å². The number of benzene rings is 1. The minimum Gasteiger partial charge on any atom is -0.465 e. The van der Waals surface area contributed by atoms with Crippen molar-refractivity contribution in [3.8, 4) is 0 Å². The van der Waals surface area contributed by atoms with Crippen LogP contribution in [0.3, 0.4) is 0 Å². The fourth-order valence-corrected chi connectivity index (χ4v) is 3.75. The van der Waals surface area contributed by atoms with Crippen molar-refractivity contribution in [2.24, 2.45) is 11.3 Å². The molecule has 2 rings (SSSR count). The highest BCUT2D eigenvalue weighted by Crippen LogP contribution is 2.46. The van der Waals surface area contributed by atoms with Crippen molar-refractivity contribution < 1.29 is 28.9 Å². The number of likely N-dealkylation sites (tertiary alicyclic amines) is 1. The van der Waals surface area contributed by atoms with Crippen LogP contribution in [0, 0.1) is 23.0 Å². The van der Waals surface area contributed by atoms with Gasteiger partial charge in [0.1, 0.15) is 0 Å². The number of piperidine rings is 1. The first kappa shape index (κ1) is 18.6. The molecule has 1 aromatic rings. The molecule has 1 aliphatic rings. The fourth-order valence-electron chi connectivity index (χ4n) is 3.75. The molecule has 134 valence electrons. The summed E-state index contributed by atoms with van der Waals surface area (Å²) < 4.78 is 26.8. The molecule has 3 N–H and O–H groups in total. The third-order valence-electron chi connectivity index (χ3n) is 4.81. The summed E-state index contributed by atoms with van der Waals surface area (Å²) in [4.78, 5) is 12.8. The molecule has 0 bridgehead atoms. The van der Waals surface area contributed by atoms with E-state index in [-0.39, 0.29) is 18.5 Å². The molecule has 0 radical (unpaired) electrons. The molecule has 1 aromatic carbocycles. The number of amides is 1. The average molecular weight is 343 g/mol. The Kier molecular flexibility index (Phi) is 4.88. The summed E-state index contributed by atoms with van der Waals surface area (Å²) in [5, 5.41) is 30.5. The molecular formula is C17H23F2NO4. The molecule has 1 heterocycles. The molecule has 0 aromatic heterocycles. The van der Waals surface area contributed by atoms with Gasteiger partial charge in [0, 0.05) is 18.5 Å². The summed E-state index contributed by atoms with van der Waals surface area (Å²) >= 11 is 0. The Morgan fingerprint density at radius 3 is 2.42 bits per heavy atom. The van der Waals surface area contributed by atoms with Gasteiger partial charge in [-0.25, -0.2) is 13.6 Å². The number of hydrogen-bond acceptors (Lipinski definition) is 3. The highest BCUT2D eigenvalue weighted by molar-refractivity contribution is 5.66. The van der Waals surface area contributed by atoms with E-state index < -0.39 is 47.3 Å². The number of rotatable bonds is 2. The van der Waals surface area contributed by atoms with Crippen molar-refractivity contribution >= 4 is 6.09 Å². The molecule has 0 aliphatic carbocycles. The van der Waals surface area contributed by atoms with Crippen LogP contribution in [0.2, 0.25) is 0 Å². The molecule has 0 spiro atoms. The van der Waals surface area contributed by atoms with E-state index in [4.69, 9.17) is 0 Å². The lowest BCUT2D eigenvalue weighted by Crippen LogP contribution is -2.63. The smallest absolute Gasteiger partial charge is 0.407 e. The predicted octanol–water partition coefficient (Wildman–Crippen LogP) is 2.56. The van der Waals surface area contributed by atoms with Gasteiger partial charge in [0.25, 0.3) is 0 Å². The number of nitrogens with zero attached hydrogens (tertiary/aromatic N) is 1. The van der Waals surface area contributed by atoms with Crippen LogP contribution in [0.4, 0.5) is 13.6 Å². The highest BCUT2D eigenvalue weighted by Gasteiger charge is 2.53. The second-order valence-electron chi connectivity index (χ2n) is 7.38. The van der Waals surface area contributed by atoms with Crippen LogP contribution in [-0.4, -0.2) is 45.5 Å². The van der Waals surface area contributed by atoms with E-state index in [1.807, 2.05) is 20.8 Å². The zero-order valence-electron chi connectivity index (χ0n) is 14.0. The van der Waals surface area contributed by atoms with Crippen LogP contribution >= 0.6 is 0 Å². The Balaban J connectivity index is 2.54. The summed E-state index contributed by atoms with van der Waals surface area (Å²) in [6.07, 6.45) is -1.15. The number of halogens is 2. The van der Waals surface area contributed by atoms with Crippen LogP contribution in [0.15, 0.2) is 18.2 Å². The molecule has 3 atom stereocenters. The minimum atomic E-state index is -1.65. The lowest BCUT2D eigenvalue weighted by molar-refractivity contribution is -0.137. The first-order valence-electron chi connectivity index (χ1n) is 7.80. The topological polar surface area (TPSA) is 81.0 Å². The third kappa shape index (κ3) is 3.10. The minimum absolute atomic E-state index is 0.0117. The quantitative estimate of drug-likeness (QED) is 0.771. The molecular weight excluding hydrogens is 320 g/mol. The summed E-state index contributed by atoms with van der Waals surface area (Å²) in [5.41, 5.74) is -2.08. The monoisotopic (exact) mass is 343 g/mol. The number of aliphatic hydroxyl groups is 2. The lowest BCUT2D eigenvalue weighted by atomic mass is 9.65. The number of carbonyl (C=O) groups is 1. The largest absolute Gasteiger partial charge is 0.465 e.